The number of esters is 1. The van der Waals surface area contributed by atoms with E-state index < -0.39 is 11.7 Å². The molecule has 1 saturated carbocycles. The lowest BCUT2D eigenvalue weighted by molar-refractivity contribution is 0.0542. The third-order valence-electron chi connectivity index (χ3n) is 6.62. The summed E-state index contributed by atoms with van der Waals surface area (Å²) < 4.78 is 18.8. The molecule has 3 aromatic rings. The largest absolute Gasteiger partial charge is 0.489 e. The molecular formula is C29H35NO5. The smallest absolute Gasteiger partial charge is 0.419 e. The van der Waals surface area contributed by atoms with Crippen LogP contribution in [0.4, 0.5) is 4.79 Å². The highest BCUT2D eigenvalue weighted by Crippen LogP contribution is 2.40. The summed E-state index contributed by atoms with van der Waals surface area (Å²) in [5, 5.41) is 0.915. The molecule has 0 unspecified atom stereocenters. The van der Waals surface area contributed by atoms with E-state index in [1.54, 1.807) is 10.8 Å². The molecule has 1 heterocycles. The van der Waals surface area contributed by atoms with E-state index in [-0.39, 0.29) is 18.0 Å². The van der Waals surface area contributed by atoms with Crippen LogP contribution in [0.5, 0.6) is 5.75 Å². The van der Waals surface area contributed by atoms with E-state index >= 15 is 0 Å². The predicted molar refractivity (Wildman–Crippen MR) is 136 cm³/mol. The van der Waals surface area contributed by atoms with Gasteiger partial charge < -0.3 is 14.2 Å². The molecule has 0 bridgehead atoms. The van der Waals surface area contributed by atoms with Gasteiger partial charge in [0.15, 0.2) is 0 Å². The van der Waals surface area contributed by atoms with E-state index in [0.29, 0.717) is 5.56 Å². The number of aromatic nitrogens is 1. The molecule has 186 valence electrons. The first kappa shape index (κ1) is 24.8. The van der Waals surface area contributed by atoms with Gasteiger partial charge in [-0.1, -0.05) is 24.6 Å². The number of hydrogen-bond acceptors (Lipinski definition) is 5. The monoisotopic (exact) mass is 477 g/mol. The lowest BCUT2D eigenvalue weighted by Gasteiger charge is -2.33. The van der Waals surface area contributed by atoms with Crippen LogP contribution in [0.25, 0.3) is 10.9 Å². The van der Waals surface area contributed by atoms with Crippen molar-refractivity contribution in [1.29, 1.82) is 0 Å². The highest BCUT2D eigenvalue weighted by Gasteiger charge is 2.30. The Morgan fingerprint density at radius 1 is 0.971 bits per heavy atom. The highest BCUT2D eigenvalue weighted by atomic mass is 16.6. The molecule has 1 aliphatic carbocycles. The summed E-state index contributed by atoms with van der Waals surface area (Å²) in [6.07, 6.45) is 5.59. The van der Waals surface area contributed by atoms with Gasteiger partial charge in [-0.25, -0.2) is 9.59 Å². The molecule has 1 aliphatic rings. The van der Waals surface area contributed by atoms with E-state index in [1.807, 2.05) is 58.0 Å². The number of carbonyl (C=O) groups excluding carboxylic acids is 2. The van der Waals surface area contributed by atoms with Crippen LogP contribution in [0.2, 0.25) is 0 Å². The Kier molecular flexibility index (Phi) is 6.93. The maximum atomic E-state index is 12.9. The molecule has 2 atom stereocenters. The molecule has 6 heteroatoms. The van der Waals surface area contributed by atoms with Crippen LogP contribution in [0.3, 0.4) is 0 Å². The van der Waals surface area contributed by atoms with Crippen LogP contribution < -0.4 is 4.74 Å². The lowest BCUT2D eigenvalue weighted by Crippen LogP contribution is -2.29. The van der Waals surface area contributed by atoms with Crippen LogP contribution in [0.1, 0.15) is 79.4 Å². The van der Waals surface area contributed by atoms with Crippen molar-refractivity contribution in [2.24, 2.45) is 0 Å². The van der Waals surface area contributed by atoms with Crippen molar-refractivity contribution in [2.45, 2.75) is 77.9 Å². The molecule has 0 amide bonds. The van der Waals surface area contributed by atoms with Gasteiger partial charge in [0.2, 0.25) is 0 Å². The Balaban J connectivity index is 1.67. The standard InChI is InChI=1S/C29H35NO5/c1-18-17-19(2)26(23-15-16-30(25(18)23)28(32)35-29(3,4)5)34-24-10-8-7-9-22(24)20-11-13-21(14-12-20)27(31)33-6/h11-17,22,24H,7-10H2,1-6H3/t22-,24+/m0/s1. The van der Waals surface area contributed by atoms with Gasteiger partial charge in [-0.3, -0.25) is 4.57 Å². The average molecular weight is 478 g/mol. The molecule has 0 saturated heterocycles. The molecule has 0 N–H and O–H groups in total. The quantitative estimate of drug-likeness (QED) is 0.381. The minimum Gasteiger partial charge on any atom is -0.489 e. The third kappa shape index (κ3) is 5.21. The molecule has 0 spiro atoms. The van der Waals surface area contributed by atoms with Crippen molar-refractivity contribution in [2.75, 3.05) is 7.11 Å². The van der Waals surface area contributed by atoms with Crippen LogP contribution in [-0.2, 0) is 9.47 Å². The van der Waals surface area contributed by atoms with Crippen LogP contribution >= 0.6 is 0 Å². The fourth-order valence-electron chi connectivity index (χ4n) is 5.06. The number of nitrogens with zero attached hydrogens (tertiary/aromatic N) is 1. The maximum Gasteiger partial charge on any atom is 0.419 e. The van der Waals surface area contributed by atoms with E-state index in [0.717, 1.165) is 59.0 Å². The molecule has 0 aliphatic heterocycles. The fraction of sp³-hybridized carbons (Fsp3) is 0.448. The number of rotatable bonds is 4. The van der Waals surface area contributed by atoms with E-state index in [9.17, 15) is 9.59 Å². The first-order valence-electron chi connectivity index (χ1n) is 12.3. The Hall–Kier alpha value is -3.28. The summed E-state index contributed by atoms with van der Waals surface area (Å²) in [5.41, 5.74) is 3.99. The average Bonchev–Trinajstić information content (AvgIpc) is 3.26. The Bertz CT molecular complexity index is 1230. The molecule has 6 nitrogen and oxygen atoms in total. The molecule has 4 rings (SSSR count). The van der Waals surface area contributed by atoms with E-state index in [1.165, 1.54) is 7.11 Å². The summed E-state index contributed by atoms with van der Waals surface area (Å²) >= 11 is 0. The summed E-state index contributed by atoms with van der Waals surface area (Å²) in [6, 6.07) is 11.7. The fourth-order valence-corrected chi connectivity index (χ4v) is 5.06. The Morgan fingerprint density at radius 3 is 2.31 bits per heavy atom. The highest BCUT2D eigenvalue weighted by molar-refractivity contribution is 5.96. The third-order valence-corrected chi connectivity index (χ3v) is 6.62. The summed E-state index contributed by atoms with van der Waals surface area (Å²) in [5.74, 6) is 0.704. The van der Waals surface area contributed by atoms with Crippen molar-refractivity contribution >= 4 is 23.0 Å². The topological polar surface area (TPSA) is 66.8 Å². The number of carbonyl (C=O) groups is 2. The van der Waals surface area contributed by atoms with Gasteiger partial charge in [0.05, 0.1) is 18.2 Å². The Morgan fingerprint density at radius 2 is 1.66 bits per heavy atom. The minimum atomic E-state index is -0.579. The zero-order valence-electron chi connectivity index (χ0n) is 21.5. The van der Waals surface area contributed by atoms with Crippen LogP contribution in [0.15, 0.2) is 42.6 Å². The van der Waals surface area contributed by atoms with Gasteiger partial charge in [0.1, 0.15) is 17.5 Å². The predicted octanol–water partition coefficient (Wildman–Crippen LogP) is 6.93. The lowest BCUT2D eigenvalue weighted by atomic mass is 9.81. The normalized spacial score (nSPS) is 18.3. The zero-order chi connectivity index (χ0) is 25.3. The van der Waals surface area contributed by atoms with Gasteiger partial charge in [0, 0.05) is 17.5 Å². The van der Waals surface area contributed by atoms with Crippen LogP contribution in [0, 0.1) is 13.8 Å². The van der Waals surface area contributed by atoms with Crippen molar-refractivity contribution in [3.63, 3.8) is 0 Å². The Labute approximate surface area is 207 Å². The molecule has 1 aromatic heterocycles. The van der Waals surface area contributed by atoms with Crippen LogP contribution in [-0.4, -0.2) is 35.4 Å². The zero-order valence-corrected chi connectivity index (χ0v) is 21.5. The van der Waals surface area contributed by atoms with E-state index in [4.69, 9.17) is 14.2 Å². The number of ether oxygens (including phenoxy) is 3. The van der Waals surface area contributed by atoms with Gasteiger partial charge in [-0.2, -0.15) is 0 Å². The second-order valence-corrected chi connectivity index (χ2v) is 10.4. The summed E-state index contributed by atoms with van der Waals surface area (Å²) in [6.45, 7) is 9.65. The minimum absolute atomic E-state index is 0.00205. The maximum absolute atomic E-state index is 12.9. The summed E-state index contributed by atoms with van der Waals surface area (Å²) in [7, 11) is 1.39. The van der Waals surface area contributed by atoms with Gasteiger partial charge in [0.25, 0.3) is 0 Å². The molecule has 0 radical (unpaired) electrons. The summed E-state index contributed by atoms with van der Waals surface area (Å²) in [4.78, 5) is 24.7. The number of methoxy groups -OCH3 is 1. The molecule has 2 aromatic carbocycles. The number of fused-ring (bicyclic) bond motifs is 1. The van der Waals surface area contributed by atoms with Crippen molar-refractivity contribution < 1.29 is 23.8 Å². The van der Waals surface area contributed by atoms with Gasteiger partial charge in [-0.15, -0.1) is 0 Å². The van der Waals surface area contributed by atoms with Crippen molar-refractivity contribution in [3.05, 3.63) is 64.8 Å². The number of hydrogen-bond donors (Lipinski definition) is 0. The first-order chi connectivity index (χ1) is 16.6. The van der Waals surface area contributed by atoms with Gasteiger partial charge in [-0.05, 0) is 88.8 Å². The molecule has 1 fully saturated rings. The van der Waals surface area contributed by atoms with Crippen molar-refractivity contribution in [1.82, 2.24) is 4.57 Å². The first-order valence-corrected chi connectivity index (χ1v) is 12.3. The SMILES string of the molecule is COC(=O)c1ccc([C@@H]2CCCC[C@H]2Oc2c(C)cc(C)c3c2ccn3C(=O)OC(C)(C)C)cc1. The van der Waals surface area contributed by atoms with Gasteiger partial charge >= 0.3 is 12.1 Å². The second kappa shape index (κ2) is 9.76. The number of aryl methyl sites for hydroxylation is 2. The second-order valence-electron chi connectivity index (χ2n) is 10.4. The number of benzene rings is 2. The molecule has 35 heavy (non-hydrogen) atoms. The molecular weight excluding hydrogens is 442 g/mol. The van der Waals surface area contributed by atoms with E-state index in [2.05, 4.69) is 13.0 Å². The van der Waals surface area contributed by atoms with Crippen molar-refractivity contribution in [3.8, 4) is 5.75 Å².